The van der Waals surface area contributed by atoms with E-state index >= 15 is 0 Å². The molecule has 1 N–H and O–H groups in total. The smallest absolute Gasteiger partial charge is 0.00208 e. The van der Waals surface area contributed by atoms with Crippen molar-refractivity contribution in [3.63, 3.8) is 0 Å². The van der Waals surface area contributed by atoms with E-state index in [4.69, 9.17) is 0 Å². The second kappa shape index (κ2) is 2.40. The van der Waals surface area contributed by atoms with Crippen LogP contribution in [-0.2, 0) is 0 Å². The zero-order valence-electron chi connectivity index (χ0n) is 4.22. The molecule has 0 aliphatic carbocycles. The minimum absolute atomic E-state index is 0.782. The van der Waals surface area contributed by atoms with E-state index in [2.05, 4.69) is 23.8 Å². The zero-order chi connectivity index (χ0) is 5.28. The minimum Gasteiger partial charge on any atom is -0.315 e. The molecule has 0 saturated carbocycles. The standard InChI is InChI=1S/C4H11NP2/c6-3-1-5-2-4(3)7/h3-5H,1-2,6-7H2/t3-,4-/m0/s1. The summed E-state index contributed by atoms with van der Waals surface area (Å²) in [6, 6.07) is 0. The molecule has 0 aromatic rings. The van der Waals surface area contributed by atoms with E-state index in [1.807, 2.05) is 0 Å². The summed E-state index contributed by atoms with van der Waals surface area (Å²) in [6.45, 7) is 2.33. The highest BCUT2D eigenvalue weighted by atomic mass is 31.0. The van der Waals surface area contributed by atoms with Gasteiger partial charge in [-0.3, -0.25) is 0 Å². The van der Waals surface area contributed by atoms with Crippen LogP contribution in [0, 0.1) is 0 Å². The molecular weight excluding hydrogens is 124 g/mol. The molecule has 1 aliphatic rings. The molecule has 1 nitrogen and oxygen atoms in total. The maximum absolute atomic E-state index is 3.28. The third-order valence-corrected chi connectivity index (χ3v) is 3.21. The van der Waals surface area contributed by atoms with Crippen LogP contribution in [0.25, 0.3) is 0 Å². The SMILES string of the molecule is P[C@H]1CNC[C@@H]1P. The highest BCUT2D eigenvalue weighted by Gasteiger charge is 2.17. The van der Waals surface area contributed by atoms with Crippen LogP contribution in [-0.4, -0.2) is 24.4 Å². The van der Waals surface area contributed by atoms with E-state index in [1.54, 1.807) is 0 Å². The molecule has 0 spiro atoms. The molecule has 0 amide bonds. The van der Waals surface area contributed by atoms with Crippen LogP contribution < -0.4 is 5.32 Å². The third kappa shape index (κ3) is 1.35. The fourth-order valence-corrected chi connectivity index (χ4v) is 1.32. The molecular formula is C4H11NP2. The predicted octanol–water partition coefficient (Wildman–Crippen LogP) is 0.0770. The third-order valence-electron chi connectivity index (χ3n) is 1.31. The first kappa shape index (κ1) is 5.95. The van der Waals surface area contributed by atoms with Crippen molar-refractivity contribution in [2.75, 3.05) is 13.1 Å². The topological polar surface area (TPSA) is 12.0 Å². The van der Waals surface area contributed by atoms with Crippen LogP contribution in [0.5, 0.6) is 0 Å². The van der Waals surface area contributed by atoms with E-state index in [0.29, 0.717) is 0 Å². The summed E-state index contributed by atoms with van der Waals surface area (Å²) in [5.74, 6) is 0. The summed E-state index contributed by atoms with van der Waals surface area (Å²) in [4.78, 5) is 0. The van der Waals surface area contributed by atoms with Gasteiger partial charge in [-0.05, 0) is 11.3 Å². The summed E-state index contributed by atoms with van der Waals surface area (Å²) in [7, 11) is 5.66. The first-order valence-electron chi connectivity index (χ1n) is 2.52. The molecule has 0 aromatic carbocycles. The van der Waals surface area contributed by atoms with Gasteiger partial charge in [0, 0.05) is 13.1 Å². The Labute approximate surface area is 49.0 Å². The van der Waals surface area contributed by atoms with E-state index in [9.17, 15) is 0 Å². The van der Waals surface area contributed by atoms with Crippen molar-refractivity contribution in [2.45, 2.75) is 11.3 Å². The molecule has 1 fully saturated rings. The Morgan fingerprint density at radius 3 is 1.71 bits per heavy atom. The van der Waals surface area contributed by atoms with Gasteiger partial charge in [-0.2, -0.15) is 0 Å². The summed E-state index contributed by atoms with van der Waals surface area (Å²) >= 11 is 0. The van der Waals surface area contributed by atoms with Crippen LogP contribution in [0.15, 0.2) is 0 Å². The van der Waals surface area contributed by atoms with E-state index in [-0.39, 0.29) is 0 Å². The molecule has 0 radical (unpaired) electrons. The predicted molar refractivity (Wildman–Crippen MR) is 39.9 cm³/mol. The fraction of sp³-hybridized carbons (Fsp3) is 1.00. The van der Waals surface area contributed by atoms with E-state index in [1.165, 1.54) is 13.1 Å². The van der Waals surface area contributed by atoms with Crippen molar-refractivity contribution >= 4 is 18.5 Å². The average Bonchev–Trinajstić information content (AvgIpc) is 1.91. The monoisotopic (exact) mass is 135 g/mol. The quantitative estimate of drug-likeness (QED) is 0.464. The number of hydrogen-bond donors (Lipinski definition) is 1. The van der Waals surface area contributed by atoms with Crippen molar-refractivity contribution in [3.05, 3.63) is 0 Å². The van der Waals surface area contributed by atoms with Crippen LogP contribution >= 0.6 is 18.5 Å². The van der Waals surface area contributed by atoms with Gasteiger partial charge in [-0.25, -0.2) is 0 Å². The van der Waals surface area contributed by atoms with Gasteiger partial charge in [-0.15, -0.1) is 18.5 Å². The molecule has 1 saturated heterocycles. The largest absolute Gasteiger partial charge is 0.315 e. The lowest BCUT2D eigenvalue weighted by atomic mass is 10.4. The summed E-state index contributed by atoms with van der Waals surface area (Å²) in [5, 5.41) is 3.28. The van der Waals surface area contributed by atoms with Crippen molar-refractivity contribution in [1.29, 1.82) is 0 Å². The maximum Gasteiger partial charge on any atom is 0.00208 e. The molecule has 0 aromatic heterocycles. The van der Waals surface area contributed by atoms with Gasteiger partial charge in [-0.1, -0.05) is 0 Å². The van der Waals surface area contributed by atoms with Crippen molar-refractivity contribution in [3.8, 4) is 0 Å². The van der Waals surface area contributed by atoms with Gasteiger partial charge in [0.2, 0.25) is 0 Å². The van der Waals surface area contributed by atoms with Gasteiger partial charge < -0.3 is 5.32 Å². The number of hydrogen-bond acceptors (Lipinski definition) is 1. The van der Waals surface area contributed by atoms with Gasteiger partial charge in [0.15, 0.2) is 0 Å². The van der Waals surface area contributed by atoms with Gasteiger partial charge in [0.1, 0.15) is 0 Å². The Kier molecular flexibility index (Phi) is 2.04. The molecule has 7 heavy (non-hydrogen) atoms. The van der Waals surface area contributed by atoms with Gasteiger partial charge in [0.25, 0.3) is 0 Å². The average molecular weight is 135 g/mol. The van der Waals surface area contributed by atoms with Crippen molar-refractivity contribution in [1.82, 2.24) is 5.32 Å². The van der Waals surface area contributed by atoms with E-state index in [0.717, 1.165) is 11.3 Å². The summed E-state index contributed by atoms with van der Waals surface area (Å²) in [5.41, 5.74) is 1.56. The van der Waals surface area contributed by atoms with Crippen LogP contribution in [0.3, 0.4) is 0 Å². The summed E-state index contributed by atoms with van der Waals surface area (Å²) in [6.07, 6.45) is 0. The molecule has 1 aliphatic heterocycles. The van der Waals surface area contributed by atoms with E-state index < -0.39 is 0 Å². The zero-order valence-corrected chi connectivity index (χ0v) is 6.53. The first-order valence-corrected chi connectivity index (χ1v) is 3.86. The van der Waals surface area contributed by atoms with Crippen LogP contribution in [0.1, 0.15) is 0 Å². The molecule has 42 valence electrons. The normalized spacial score (nSPS) is 42.0. The summed E-state index contributed by atoms with van der Waals surface area (Å²) < 4.78 is 0. The second-order valence-electron chi connectivity index (χ2n) is 1.99. The molecule has 1 rings (SSSR count). The first-order chi connectivity index (χ1) is 3.30. The molecule has 1 heterocycles. The highest BCUT2D eigenvalue weighted by Crippen LogP contribution is 2.17. The molecule has 0 bridgehead atoms. The molecule has 4 atom stereocenters. The highest BCUT2D eigenvalue weighted by molar-refractivity contribution is 7.23. The van der Waals surface area contributed by atoms with Crippen LogP contribution in [0.4, 0.5) is 0 Å². The number of rotatable bonds is 0. The van der Waals surface area contributed by atoms with Gasteiger partial charge in [0.05, 0.1) is 0 Å². The Hall–Kier alpha value is 0.820. The van der Waals surface area contributed by atoms with Gasteiger partial charge >= 0.3 is 0 Å². The Morgan fingerprint density at radius 1 is 1.14 bits per heavy atom. The lowest BCUT2D eigenvalue weighted by molar-refractivity contribution is 0.861. The van der Waals surface area contributed by atoms with Crippen molar-refractivity contribution in [2.24, 2.45) is 0 Å². The lowest BCUT2D eigenvalue weighted by Crippen LogP contribution is -2.08. The Morgan fingerprint density at radius 2 is 1.57 bits per heavy atom. The number of nitrogens with one attached hydrogen (secondary N) is 1. The van der Waals surface area contributed by atoms with Crippen molar-refractivity contribution < 1.29 is 0 Å². The second-order valence-corrected chi connectivity index (χ2v) is 3.70. The molecule has 3 heteroatoms. The minimum atomic E-state index is 0.782. The lowest BCUT2D eigenvalue weighted by Gasteiger charge is -2.03. The molecule has 2 unspecified atom stereocenters. The van der Waals surface area contributed by atoms with Crippen LogP contribution in [0.2, 0.25) is 0 Å². The Balaban J connectivity index is 2.33. The fourth-order valence-electron chi connectivity index (χ4n) is 0.719. The Bertz CT molecular complexity index is 58.7. The maximum atomic E-state index is 3.28.